The zero-order valence-electron chi connectivity index (χ0n) is 13.8. The molecule has 0 fully saturated rings. The first-order valence-corrected chi connectivity index (χ1v) is 7.79. The zero-order valence-corrected chi connectivity index (χ0v) is 13.8. The Balaban J connectivity index is 1.84. The number of benzene rings is 2. The molecule has 1 aliphatic heterocycles. The van der Waals surface area contributed by atoms with E-state index in [0.29, 0.717) is 22.5 Å². The molecule has 0 aliphatic carbocycles. The Kier molecular flexibility index (Phi) is 4.19. The normalized spacial score (nSPS) is 14.2. The summed E-state index contributed by atoms with van der Waals surface area (Å²) in [5.74, 6) is -1.90. The van der Waals surface area contributed by atoms with Gasteiger partial charge in [0.1, 0.15) is 6.04 Å². The van der Waals surface area contributed by atoms with Crippen LogP contribution >= 0.6 is 0 Å². The first-order valence-electron chi connectivity index (χ1n) is 7.79. The van der Waals surface area contributed by atoms with Gasteiger partial charge in [0.15, 0.2) is 5.78 Å². The molecule has 1 atom stereocenters. The highest BCUT2D eigenvalue weighted by Crippen LogP contribution is 2.30. The van der Waals surface area contributed by atoms with E-state index in [2.05, 4.69) is 5.32 Å². The minimum atomic E-state index is -0.874. The van der Waals surface area contributed by atoms with Gasteiger partial charge in [0.05, 0.1) is 11.3 Å². The molecule has 1 unspecified atom stereocenters. The molecule has 0 radical (unpaired) electrons. The van der Waals surface area contributed by atoms with Gasteiger partial charge in [0, 0.05) is 11.3 Å². The number of ketones is 2. The lowest BCUT2D eigenvalue weighted by atomic mass is 10.1. The van der Waals surface area contributed by atoms with Crippen LogP contribution in [0.15, 0.2) is 48.5 Å². The summed E-state index contributed by atoms with van der Waals surface area (Å²) >= 11 is 0. The number of nitrogens with zero attached hydrogens (tertiary/aromatic N) is 1. The van der Waals surface area contributed by atoms with Crippen LogP contribution in [-0.2, 0) is 9.59 Å². The van der Waals surface area contributed by atoms with Gasteiger partial charge in [0.25, 0.3) is 11.7 Å². The molecule has 0 aromatic heterocycles. The van der Waals surface area contributed by atoms with Crippen LogP contribution in [0.2, 0.25) is 0 Å². The number of rotatable bonds is 4. The highest BCUT2D eigenvalue weighted by atomic mass is 16.2. The number of Topliss-reactive ketones (excluding diaryl/α,β-unsaturated/α-hetero) is 2. The number of amides is 2. The van der Waals surface area contributed by atoms with E-state index in [1.54, 1.807) is 55.5 Å². The van der Waals surface area contributed by atoms with Gasteiger partial charge in [-0.3, -0.25) is 24.1 Å². The molecule has 1 aliphatic rings. The van der Waals surface area contributed by atoms with Gasteiger partial charge >= 0.3 is 0 Å². The highest BCUT2D eigenvalue weighted by molar-refractivity contribution is 6.52. The van der Waals surface area contributed by atoms with Gasteiger partial charge < -0.3 is 5.32 Å². The molecule has 0 saturated carbocycles. The monoisotopic (exact) mass is 336 g/mol. The molecule has 3 rings (SSSR count). The van der Waals surface area contributed by atoms with E-state index in [1.165, 1.54) is 11.8 Å². The number of anilines is 2. The van der Waals surface area contributed by atoms with Crippen LogP contribution in [-0.4, -0.2) is 29.4 Å². The molecule has 6 heteroatoms. The minimum Gasteiger partial charge on any atom is -0.324 e. The van der Waals surface area contributed by atoms with Gasteiger partial charge in [-0.05, 0) is 38.1 Å². The Hall–Kier alpha value is -3.28. The van der Waals surface area contributed by atoms with Gasteiger partial charge in [-0.25, -0.2) is 0 Å². The lowest BCUT2D eigenvalue weighted by Crippen LogP contribution is -2.45. The van der Waals surface area contributed by atoms with Crippen molar-refractivity contribution in [2.75, 3.05) is 10.2 Å². The van der Waals surface area contributed by atoms with Crippen LogP contribution in [0.3, 0.4) is 0 Å². The van der Waals surface area contributed by atoms with Crippen molar-refractivity contribution >= 4 is 34.8 Å². The first-order chi connectivity index (χ1) is 11.9. The second-order valence-electron chi connectivity index (χ2n) is 5.82. The summed E-state index contributed by atoms with van der Waals surface area (Å²) in [5.41, 5.74) is 1.65. The van der Waals surface area contributed by atoms with Gasteiger partial charge in [-0.1, -0.05) is 24.3 Å². The van der Waals surface area contributed by atoms with E-state index in [1.807, 2.05) is 0 Å². The minimum absolute atomic E-state index is 0.113. The third kappa shape index (κ3) is 2.94. The van der Waals surface area contributed by atoms with Crippen molar-refractivity contribution in [2.24, 2.45) is 0 Å². The molecule has 6 nitrogen and oxygen atoms in total. The fourth-order valence-corrected chi connectivity index (χ4v) is 2.77. The molecular formula is C19H16N2O4. The topological polar surface area (TPSA) is 83.6 Å². The Bertz CT molecular complexity index is 904. The molecule has 25 heavy (non-hydrogen) atoms. The number of fused-ring (bicyclic) bond motifs is 1. The fraction of sp³-hybridized carbons (Fsp3) is 0.158. The molecule has 0 saturated heterocycles. The molecule has 1 N–H and O–H groups in total. The largest absolute Gasteiger partial charge is 0.324 e. The zero-order chi connectivity index (χ0) is 18.1. The molecule has 1 heterocycles. The third-order valence-electron chi connectivity index (χ3n) is 4.12. The maximum atomic E-state index is 12.5. The van der Waals surface area contributed by atoms with Crippen molar-refractivity contribution in [3.05, 3.63) is 59.7 Å². The van der Waals surface area contributed by atoms with Crippen LogP contribution in [0.25, 0.3) is 0 Å². The van der Waals surface area contributed by atoms with Crippen molar-refractivity contribution in [1.82, 2.24) is 0 Å². The Labute approximate surface area is 144 Å². The summed E-state index contributed by atoms with van der Waals surface area (Å²) in [6.45, 7) is 2.99. The van der Waals surface area contributed by atoms with Crippen molar-refractivity contribution in [3.63, 3.8) is 0 Å². The van der Waals surface area contributed by atoms with Gasteiger partial charge in [0.2, 0.25) is 5.91 Å². The van der Waals surface area contributed by atoms with E-state index in [0.717, 1.165) is 0 Å². The van der Waals surface area contributed by atoms with Crippen molar-refractivity contribution in [1.29, 1.82) is 0 Å². The summed E-state index contributed by atoms with van der Waals surface area (Å²) in [6, 6.07) is 12.2. The first kappa shape index (κ1) is 16.6. The van der Waals surface area contributed by atoms with E-state index < -0.39 is 23.6 Å². The molecular weight excluding hydrogens is 320 g/mol. The summed E-state index contributed by atoms with van der Waals surface area (Å²) in [6.07, 6.45) is 0. The number of para-hydroxylation sites is 1. The number of carbonyl (C=O) groups excluding carboxylic acids is 4. The average Bonchev–Trinajstić information content (AvgIpc) is 2.86. The van der Waals surface area contributed by atoms with Crippen LogP contribution in [0, 0.1) is 0 Å². The Morgan fingerprint density at radius 1 is 1.04 bits per heavy atom. The lowest BCUT2D eigenvalue weighted by Gasteiger charge is -2.23. The maximum absolute atomic E-state index is 12.5. The van der Waals surface area contributed by atoms with Gasteiger partial charge in [-0.15, -0.1) is 0 Å². The van der Waals surface area contributed by atoms with E-state index in [9.17, 15) is 19.2 Å². The summed E-state index contributed by atoms with van der Waals surface area (Å²) in [5, 5.41) is 2.68. The SMILES string of the molecule is CC(=O)c1cccc(NC(=O)C(C)N2C(=O)C(=O)c3ccccc32)c1. The van der Waals surface area contributed by atoms with E-state index in [-0.39, 0.29) is 5.78 Å². The van der Waals surface area contributed by atoms with Crippen LogP contribution < -0.4 is 10.2 Å². The molecule has 126 valence electrons. The van der Waals surface area contributed by atoms with Crippen LogP contribution in [0.5, 0.6) is 0 Å². The van der Waals surface area contributed by atoms with Crippen molar-refractivity contribution < 1.29 is 19.2 Å². The lowest BCUT2D eigenvalue weighted by molar-refractivity contribution is -0.120. The van der Waals surface area contributed by atoms with Crippen molar-refractivity contribution in [3.8, 4) is 0 Å². The second-order valence-corrected chi connectivity index (χ2v) is 5.82. The smallest absolute Gasteiger partial charge is 0.300 e. The molecule has 2 aromatic carbocycles. The molecule has 0 bridgehead atoms. The number of nitrogens with one attached hydrogen (secondary N) is 1. The molecule has 0 spiro atoms. The Morgan fingerprint density at radius 2 is 1.76 bits per heavy atom. The van der Waals surface area contributed by atoms with Crippen LogP contribution in [0.1, 0.15) is 34.6 Å². The molecule has 2 aromatic rings. The van der Waals surface area contributed by atoms with E-state index >= 15 is 0 Å². The summed E-state index contributed by atoms with van der Waals surface area (Å²) < 4.78 is 0. The summed E-state index contributed by atoms with van der Waals surface area (Å²) in [4.78, 5) is 49.5. The molecule has 2 amide bonds. The number of hydrogen-bond acceptors (Lipinski definition) is 4. The predicted molar refractivity (Wildman–Crippen MR) is 92.8 cm³/mol. The standard InChI is InChI=1S/C19H16N2O4/c1-11(18(24)20-14-7-5-6-13(10-14)12(2)22)21-16-9-4-3-8-15(16)17(23)19(21)25/h3-11H,1-2H3,(H,20,24). The predicted octanol–water partition coefficient (Wildman–Crippen LogP) is 2.45. The van der Waals surface area contributed by atoms with Gasteiger partial charge in [-0.2, -0.15) is 0 Å². The highest BCUT2D eigenvalue weighted by Gasteiger charge is 2.40. The summed E-state index contributed by atoms with van der Waals surface area (Å²) in [7, 11) is 0. The third-order valence-corrected chi connectivity index (χ3v) is 4.12. The maximum Gasteiger partial charge on any atom is 0.300 e. The number of carbonyl (C=O) groups is 4. The number of hydrogen-bond donors (Lipinski definition) is 1. The second kappa shape index (κ2) is 6.32. The van der Waals surface area contributed by atoms with Crippen LogP contribution in [0.4, 0.5) is 11.4 Å². The van der Waals surface area contributed by atoms with Crippen molar-refractivity contribution in [2.45, 2.75) is 19.9 Å². The Morgan fingerprint density at radius 3 is 2.48 bits per heavy atom. The fourth-order valence-electron chi connectivity index (χ4n) is 2.77. The van der Waals surface area contributed by atoms with E-state index in [4.69, 9.17) is 0 Å². The average molecular weight is 336 g/mol. The quantitative estimate of drug-likeness (QED) is 0.686.